The largest absolute Gasteiger partial charge is 0.454 e. The Hall–Kier alpha value is -2.28. The number of nitrogens with zero attached hydrogens (tertiary/aromatic N) is 2. The molecule has 2 fully saturated rings. The van der Waals surface area contributed by atoms with Gasteiger partial charge in [0.25, 0.3) is 0 Å². The Labute approximate surface area is 153 Å². The van der Waals surface area contributed by atoms with Crippen molar-refractivity contribution in [3.05, 3.63) is 18.2 Å². The number of carbonyl (C=O) groups is 2. The van der Waals surface area contributed by atoms with Gasteiger partial charge in [0.05, 0.1) is 5.92 Å². The number of fused-ring (bicyclic) bond motifs is 1. The molecule has 7 heteroatoms. The molecular weight excluding hydrogens is 334 g/mol. The van der Waals surface area contributed by atoms with Gasteiger partial charge in [0, 0.05) is 43.9 Å². The number of rotatable bonds is 4. The van der Waals surface area contributed by atoms with Crippen molar-refractivity contribution < 1.29 is 19.1 Å². The fraction of sp³-hybridized carbons (Fsp3) is 0.579. The molecule has 0 radical (unpaired) electrons. The van der Waals surface area contributed by atoms with Gasteiger partial charge in [-0.15, -0.1) is 0 Å². The van der Waals surface area contributed by atoms with Crippen molar-refractivity contribution in [1.82, 2.24) is 10.2 Å². The lowest BCUT2D eigenvalue weighted by Crippen LogP contribution is -2.46. The van der Waals surface area contributed by atoms with Crippen molar-refractivity contribution in [3.63, 3.8) is 0 Å². The fourth-order valence-corrected chi connectivity index (χ4v) is 3.90. The molecule has 3 heterocycles. The van der Waals surface area contributed by atoms with E-state index in [1.807, 2.05) is 6.07 Å². The molecular formula is C19H25N3O4. The molecule has 1 aromatic carbocycles. The fourth-order valence-electron chi connectivity index (χ4n) is 3.90. The summed E-state index contributed by atoms with van der Waals surface area (Å²) in [5.41, 5.74) is 0.755. The number of ether oxygens (including phenoxy) is 2. The van der Waals surface area contributed by atoms with Gasteiger partial charge in [-0.3, -0.25) is 9.59 Å². The molecule has 26 heavy (non-hydrogen) atoms. The van der Waals surface area contributed by atoms with Gasteiger partial charge in [0.2, 0.25) is 18.6 Å². The molecule has 0 bridgehead atoms. The number of piperidine rings is 1. The average molecular weight is 359 g/mol. The Morgan fingerprint density at radius 2 is 2.00 bits per heavy atom. The van der Waals surface area contributed by atoms with Crippen molar-refractivity contribution in [2.24, 2.45) is 5.92 Å². The van der Waals surface area contributed by atoms with E-state index in [0.717, 1.165) is 38.2 Å². The molecule has 140 valence electrons. The smallest absolute Gasteiger partial charge is 0.231 e. The van der Waals surface area contributed by atoms with E-state index < -0.39 is 0 Å². The van der Waals surface area contributed by atoms with Crippen LogP contribution in [0.4, 0.5) is 5.69 Å². The Kier molecular flexibility index (Phi) is 4.72. The topological polar surface area (TPSA) is 71.1 Å². The molecule has 1 atom stereocenters. The predicted octanol–water partition coefficient (Wildman–Crippen LogP) is 1.37. The van der Waals surface area contributed by atoms with Crippen molar-refractivity contribution in [2.75, 3.05) is 37.9 Å². The van der Waals surface area contributed by atoms with Gasteiger partial charge in [0.15, 0.2) is 11.5 Å². The van der Waals surface area contributed by atoms with Gasteiger partial charge < -0.3 is 24.6 Å². The second-order valence-electron chi connectivity index (χ2n) is 7.16. The van der Waals surface area contributed by atoms with Crippen molar-refractivity contribution in [2.45, 2.75) is 32.2 Å². The summed E-state index contributed by atoms with van der Waals surface area (Å²) in [5, 5.41) is 3.15. The van der Waals surface area contributed by atoms with Crippen LogP contribution in [0.2, 0.25) is 0 Å². The lowest BCUT2D eigenvalue weighted by Gasteiger charge is -2.32. The maximum Gasteiger partial charge on any atom is 0.231 e. The molecule has 7 nitrogen and oxygen atoms in total. The van der Waals surface area contributed by atoms with Crippen molar-refractivity contribution in [3.8, 4) is 11.5 Å². The SMILES string of the molecule is CCN1CCC(NC(=O)C2CC(=O)N(c3ccc4c(c3)OCO4)C2)CC1. The van der Waals surface area contributed by atoms with E-state index in [1.54, 1.807) is 17.0 Å². The molecule has 0 aliphatic carbocycles. The quantitative estimate of drug-likeness (QED) is 0.879. The summed E-state index contributed by atoms with van der Waals surface area (Å²) in [6, 6.07) is 5.67. The van der Waals surface area contributed by atoms with Gasteiger partial charge in [-0.05, 0) is 31.5 Å². The van der Waals surface area contributed by atoms with E-state index in [2.05, 4.69) is 17.1 Å². The lowest BCUT2D eigenvalue weighted by atomic mass is 10.0. The lowest BCUT2D eigenvalue weighted by molar-refractivity contribution is -0.127. The Morgan fingerprint density at radius 3 is 2.77 bits per heavy atom. The first-order valence-electron chi connectivity index (χ1n) is 9.37. The summed E-state index contributed by atoms with van der Waals surface area (Å²) in [6.45, 7) is 5.88. The van der Waals surface area contributed by atoms with Gasteiger partial charge in [-0.1, -0.05) is 6.92 Å². The Bertz CT molecular complexity index is 700. The van der Waals surface area contributed by atoms with E-state index in [0.29, 0.717) is 18.0 Å². The minimum Gasteiger partial charge on any atom is -0.454 e. The summed E-state index contributed by atoms with van der Waals surface area (Å²) in [4.78, 5) is 29.1. The van der Waals surface area contributed by atoms with Crippen molar-refractivity contribution in [1.29, 1.82) is 0 Å². The first-order chi connectivity index (χ1) is 12.6. The van der Waals surface area contributed by atoms with Crippen LogP contribution in [0.25, 0.3) is 0 Å². The van der Waals surface area contributed by atoms with Gasteiger partial charge in [-0.25, -0.2) is 0 Å². The average Bonchev–Trinajstić information content (AvgIpc) is 3.28. The van der Waals surface area contributed by atoms with E-state index in [4.69, 9.17) is 9.47 Å². The monoisotopic (exact) mass is 359 g/mol. The molecule has 2 amide bonds. The molecule has 3 aliphatic rings. The summed E-state index contributed by atoms with van der Waals surface area (Å²) in [5.74, 6) is 1.01. The first kappa shape index (κ1) is 17.1. The first-order valence-corrected chi connectivity index (χ1v) is 9.37. The molecule has 0 aromatic heterocycles. The third-order valence-corrected chi connectivity index (χ3v) is 5.54. The highest BCUT2D eigenvalue weighted by Crippen LogP contribution is 2.37. The second-order valence-corrected chi connectivity index (χ2v) is 7.16. The van der Waals surface area contributed by atoms with Gasteiger partial charge in [-0.2, -0.15) is 0 Å². The van der Waals surface area contributed by atoms with Crippen LogP contribution in [0.3, 0.4) is 0 Å². The number of nitrogens with one attached hydrogen (secondary N) is 1. The standard InChI is InChI=1S/C19H25N3O4/c1-2-21-7-5-14(6-8-21)20-19(24)13-9-18(23)22(11-13)15-3-4-16-17(10-15)26-12-25-16/h3-4,10,13-14H,2,5-9,11-12H2,1H3,(H,20,24). The number of hydrogen-bond donors (Lipinski definition) is 1. The summed E-state index contributed by atoms with van der Waals surface area (Å²) in [7, 11) is 0. The minimum atomic E-state index is -0.294. The van der Waals surface area contributed by atoms with Gasteiger partial charge in [0.1, 0.15) is 0 Å². The minimum absolute atomic E-state index is 0.00320. The van der Waals surface area contributed by atoms with Crippen LogP contribution in [0.1, 0.15) is 26.2 Å². The zero-order valence-corrected chi connectivity index (χ0v) is 15.1. The van der Waals surface area contributed by atoms with Crippen LogP contribution >= 0.6 is 0 Å². The van der Waals surface area contributed by atoms with Gasteiger partial charge >= 0.3 is 0 Å². The number of anilines is 1. The number of likely N-dealkylation sites (tertiary alicyclic amines) is 1. The maximum absolute atomic E-state index is 12.6. The van der Waals surface area contributed by atoms with E-state index in [9.17, 15) is 9.59 Å². The number of hydrogen-bond acceptors (Lipinski definition) is 5. The third-order valence-electron chi connectivity index (χ3n) is 5.54. The predicted molar refractivity (Wildman–Crippen MR) is 96.3 cm³/mol. The Balaban J connectivity index is 1.36. The van der Waals surface area contributed by atoms with Crippen LogP contribution in [0.5, 0.6) is 11.5 Å². The van der Waals surface area contributed by atoms with Crippen LogP contribution in [0.15, 0.2) is 18.2 Å². The zero-order chi connectivity index (χ0) is 18.1. The summed E-state index contributed by atoms with van der Waals surface area (Å²) in [6.07, 6.45) is 2.21. The second kappa shape index (κ2) is 7.15. The van der Waals surface area contributed by atoms with E-state index >= 15 is 0 Å². The summed E-state index contributed by atoms with van der Waals surface area (Å²) < 4.78 is 10.7. The van der Waals surface area contributed by atoms with Crippen LogP contribution in [0, 0.1) is 5.92 Å². The van der Waals surface area contributed by atoms with Crippen LogP contribution < -0.4 is 19.7 Å². The zero-order valence-electron chi connectivity index (χ0n) is 15.1. The normalized spacial score (nSPS) is 23.5. The summed E-state index contributed by atoms with van der Waals surface area (Å²) >= 11 is 0. The molecule has 1 N–H and O–H groups in total. The van der Waals surface area contributed by atoms with E-state index in [-0.39, 0.29) is 37.0 Å². The highest BCUT2D eigenvalue weighted by molar-refractivity contribution is 6.00. The molecule has 4 rings (SSSR count). The number of carbonyl (C=O) groups excluding carboxylic acids is 2. The van der Waals surface area contributed by atoms with Crippen LogP contribution in [-0.4, -0.2) is 55.7 Å². The molecule has 2 saturated heterocycles. The molecule has 0 spiro atoms. The van der Waals surface area contributed by atoms with E-state index in [1.165, 1.54) is 0 Å². The molecule has 1 unspecified atom stereocenters. The van der Waals surface area contributed by atoms with Crippen LogP contribution in [-0.2, 0) is 9.59 Å². The number of amides is 2. The molecule has 3 aliphatic heterocycles. The third kappa shape index (κ3) is 3.35. The highest BCUT2D eigenvalue weighted by atomic mass is 16.7. The Morgan fingerprint density at radius 1 is 1.23 bits per heavy atom. The maximum atomic E-state index is 12.6. The highest BCUT2D eigenvalue weighted by Gasteiger charge is 2.36. The van der Waals surface area contributed by atoms with Crippen molar-refractivity contribution >= 4 is 17.5 Å². The molecule has 0 saturated carbocycles. The molecule has 1 aromatic rings. The number of benzene rings is 1.